The number of hydrogen-bond acceptors (Lipinski definition) is 4. The molecule has 0 bridgehead atoms. The molecule has 0 amide bonds. The van der Waals surface area contributed by atoms with Gasteiger partial charge in [-0.25, -0.2) is 4.39 Å². The van der Waals surface area contributed by atoms with E-state index in [0.717, 1.165) is 11.4 Å². The molecule has 96 valence electrons. The Balaban J connectivity index is 2.34. The standard InChI is InChI=1S/C12H13ClFN3S/c1-3-10(15-2)12-17-16-11(18-12)8-5-4-7(14)6-9(8)13/h4-6,10,15H,3H2,1-2H3. The molecule has 0 radical (unpaired) electrons. The first-order chi connectivity index (χ1) is 8.65. The largest absolute Gasteiger partial charge is 0.311 e. The second-order valence-electron chi connectivity index (χ2n) is 3.82. The van der Waals surface area contributed by atoms with Gasteiger partial charge in [0, 0.05) is 5.56 Å². The maximum absolute atomic E-state index is 13.0. The highest BCUT2D eigenvalue weighted by molar-refractivity contribution is 7.14. The lowest BCUT2D eigenvalue weighted by atomic mass is 10.2. The van der Waals surface area contributed by atoms with E-state index in [9.17, 15) is 4.39 Å². The fourth-order valence-corrected chi connectivity index (χ4v) is 3.04. The Kier molecular flexibility index (Phi) is 4.27. The summed E-state index contributed by atoms with van der Waals surface area (Å²) in [7, 11) is 1.89. The van der Waals surface area contributed by atoms with Crippen LogP contribution in [-0.4, -0.2) is 17.2 Å². The fraction of sp³-hybridized carbons (Fsp3) is 0.333. The van der Waals surface area contributed by atoms with Gasteiger partial charge in [0.25, 0.3) is 0 Å². The second-order valence-corrected chi connectivity index (χ2v) is 5.24. The van der Waals surface area contributed by atoms with Crippen LogP contribution >= 0.6 is 22.9 Å². The molecule has 0 aliphatic heterocycles. The summed E-state index contributed by atoms with van der Waals surface area (Å²) in [5.74, 6) is -0.352. The predicted octanol–water partition coefficient (Wildman–Crippen LogP) is 3.67. The highest BCUT2D eigenvalue weighted by Gasteiger charge is 2.15. The smallest absolute Gasteiger partial charge is 0.149 e. The van der Waals surface area contributed by atoms with Crippen LogP contribution in [0.5, 0.6) is 0 Å². The zero-order valence-electron chi connectivity index (χ0n) is 10.1. The van der Waals surface area contributed by atoms with E-state index in [1.807, 2.05) is 7.05 Å². The van der Waals surface area contributed by atoms with E-state index in [-0.39, 0.29) is 11.9 Å². The van der Waals surface area contributed by atoms with E-state index >= 15 is 0 Å². The number of nitrogens with zero attached hydrogens (tertiary/aromatic N) is 2. The molecule has 0 saturated heterocycles. The van der Waals surface area contributed by atoms with Crippen LogP contribution in [0.15, 0.2) is 18.2 Å². The van der Waals surface area contributed by atoms with Crippen LogP contribution in [0.25, 0.3) is 10.6 Å². The van der Waals surface area contributed by atoms with E-state index in [1.165, 1.54) is 23.5 Å². The predicted molar refractivity (Wildman–Crippen MR) is 72.4 cm³/mol. The molecule has 0 aliphatic carbocycles. The summed E-state index contributed by atoms with van der Waals surface area (Å²) in [6.07, 6.45) is 0.933. The molecule has 1 aromatic carbocycles. The van der Waals surface area contributed by atoms with E-state index in [2.05, 4.69) is 22.4 Å². The van der Waals surface area contributed by atoms with Gasteiger partial charge in [-0.2, -0.15) is 0 Å². The third-order valence-corrected chi connectivity index (χ3v) is 4.04. The third kappa shape index (κ3) is 2.68. The average Bonchev–Trinajstić information content (AvgIpc) is 2.80. The van der Waals surface area contributed by atoms with E-state index < -0.39 is 0 Å². The zero-order valence-corrected chi connectivity index (χ0v) is 11.6. The van der Waals surface area contributed by atoms with E-state index in [1.54, 1.807) is 6.07 Å². The van der Waals surface area contributed by atoms with Crippen molar-refractivity contribution >= 4 is 22.9 Å². The topological polar surface area (TPSA) is 37.8 Å². The summed E-state index contributed by atoms with van der Waals surface area (Å²) < 4.78 is 13.0. The van der Waals surface area contributed by atoms with Crippen molar-refractivity contribution in [2.24, 2.45) is 0 Å². The van der Waals surface area contributed by atoms with Crippen molar-refractivity contribution in [1.29, 1.82) is 0 Å². The van der Waals surface area contributed by atoms with Crippen molar-refractivity contribution in [3.05, 3.63) is 34.0 Å². The first-order valence-electron chi connectivity index (χ1n) is 5.61. The Morgan fingerprint density at radius 1 is 1.44 bits per heavy atom. The van der Waals surface area contributed by atoms with Crippen LogP contribution in [0, 0.1) is 5.82 Å². The van der Waals surface area contributed by atoms with Gasteiger partial charge in [0.1, 0.15) is 15.8 Å². The zero-order chi connectivity index (χ0) is 13.1. The highest BCUT2D eigenvalue weighted by atomic mass is 35.5. The maximum Gasteiger partial charge on any atom is 0.149 e. The molecule has 1 unspecified atom stereocenters. The lowest BCUT2D eigenvalue weighted by molar-refractivity contribution is 0.568. The van der Waals surface area contributed by atoms with Crippen molar-refractivity contribution < 1.29 is 4.39 Å². The molecular formula is C12H13ClFN3S. The summed E-state index contributed by atoms with van der Waals surface area (Å²) in [6, 6.07) is 4.48. The highest BCUT2D eigenvalue weighted by Crippen LogP contribution is 2.32. The summed E-state index contributed by atoms with van der Waals surface area (Å²) >= 11 is 7.48. The Hall–Kier alpha value is -1.04. The quantitative estimate of drug-likeness (QED) is 0.931. The van der Waals surface area contributed by atoms with Crippen molar-refractivity contribution in [3.8, 4) is 10.6 Å². The van der Waals surface area contributed by atoms with Crippen molar-refractivity contribution in [3.63, 3.8) is 0 Å². The van der Waals surface area contributed by atoms with Gasteiger partial charge in [-0.1, -0.05) is 29.9 Å². The molecule has 6 heteroatoms. The molecule has 0 aliphatic rings. The summed E-state index contributed by atoms with van der Waals surface area (Å²) in [5, 5.41) is 13.4. The minimum absolute atomic E-state index is 0.190. The van der Waals surface area contributed by atoms with Crippen molar-refractivity contribution in [2.75, 3.05) is 7.05 Å². The summed E-state index contributed by atoms with van der Waals surface area (Å²) in [5.41, 5.74) is 0.716. The molecule has 1 N–H and O–H groups in total. The van der Waals surface area contributed by atoms with Crippen LogP contribution in [0.1, 0.15) is 24.4 Å². The Morgan fingerprint density at radius 2 is 2.22 bits per heavy atom. The van der Waals surface area contributed by atoms with Gasteiger partial charge in [-0.05, 0) is 31.7 Å². The second kappa shape index (κ2) is 5.73. The number of rotatable bonds is 4. The Morgan fingerprint density at radius 3 is 2.83 bits per heavy atom. The molecule has 0 fully saturated rings. The molecule has 3 nitrogen and oxygen atoms in total. The maximum atomic E-state index is 13.0. The van der Waals surface area contributed by atoms with Gasteiger partial charge in [-0.3, -0.25) is 0 Å². The van der Waals surface area contributed by atoms with Crippen molar-refractivity contribution in [2.45, 2.75) is 19.4 Å². The van der Waals surface area contributed by atoms with Gasteiger partial charge in [0.2, 0.25) is 0 Å². The molecule has 1 aromatic heterocycles. The minimum atomic E-state index is -0.352. The minimum Gasteiger partial charge on any atom is -0.311 e. The molecular weight excluding hydrogens is 273 g/mol. The lowest BCUT2D eigenvalue weighted by Gasteiger charge is -2.08. The third-order valence-electron chi connectivity index (χ3n) is 2.66. The first kappa shape index (κ1) is 13.4. The van der Waals surface area contributed by atoms with Gasteiger partial charge in [-0.15, -0.1) is 10.2 Å². The van der Waals surface area contributed by atoms with Crippen LogP contribution in [0.2, 0.25) is 5.02 Å². The SMILES string of the molecule is CCC(NC)c1nnc(-c2ccc(F)cc2Cl)s1. The number of benzene rings is 1. The van der Waals surface area contributed by atoms with E-state index in [0.29, 0.717) is 15.6 Å². The monoisotopic (exact) mass is 285 g/mol. The van der Waals surface area contributed by atoms with Crippen LogP contribution < -0.4 is 5.32 Å². The normalized spacial score (nSPS) is 12.7. The molecule has 0 spiro atoms. The number of nitrogens with one attached hydrogen (secondary N) is 1. The molecule has 18 heavy (non-hydrogen) atoms. The van der Waals surface area contributed by atoms with Gasteiger partial charge < -0.3 is 5.32 Å². The van der Waals surface area contributed by atoms with Gasteiger partial charge >= 0.3 is 0 Å². The number of hydrogen-bond donors (Lipinski definition) is 1. The summed E-state index contributed by atoms with van der Waals surface area (Å²) in [6.45, 7) is 2.08. The van der Waals surface area contributed by atoms with Crippen LogP contribution in [0.3, 0.4) is 0 Å². The lowest BCUT2D eigenvalue weighted by Crippen LogP contribution is -2.14. The molecule has 2 aromatic rings. The van der Waals surface area contributed by atoms with Crippen LogP contribution in [-0.2, 0) is 0 Å². The molecule has 2 rings (SSSR count). The molecule has 0 saturated carbocycles. The van der Waals surface area contributed by atoms with Gasteiger partial charge in [0.05, 0.1) is 11.1 Å². The number of aromatic nitrogens is 2. The average molecular weight is 286 g/mol. The van der Waals surface area contributed by atoms with Gasteiger partial charge in [0.15, 0.2) is 0 Å². The van der Waals surface area contributed by atoms with Crippen LogP contribution in [0.4, 0.5) is 4.39 Å². The first-order valence-corrected chi connectivity index (χ1v) is 6.81. The Bertz CT molecular complexity index is 540. The molecule has 1 atom stereocenters. The fourth-order valence-electron chi connectivity index (χ4n) is 1.65. The summed E-state index contributed by atoms with van der Waals surface area (Å²) in [4.78, 5) is 0. The number of halogens is 2. The van der Waals surface area contributed by atoms with Crippen molar-refractivity contribution in [1.82, 2.24) is 15.5 Å². The molecule has 1 heterocycles. The van der Waals surface area contributed by atoms with E-state index in [4.69, 9.17) is 11.6 Å². The Labute approximate surface area is 114 Å².